The van der Waals surface area contributed by atoms with Crippen LogP contribution in [0.5, 0.6) is 0 Å². The van der Waals surface area contributed by atoms with Gasteiger partial charge in [0.05, 0.1) is 18.7 Å². The van der Waals surface area contributed by atoms with Crippen molar-refractivity contribution in [3.63, 3.8) is 0 Å². The maximum absolute atomic E-state index is 13.5. The average molecular weight is 344 g/mol. The van der Waals surface area contributed by atoms with Crippen LogP contribution < -0.4 is 10.6 Å². The number of carbonyl (C=O) groups is 2. The van der Waals surface area contributed by atoms with E-state index in [9.17, 15) is 14.0 Å². The smallest absolute Gasteiger partial charge is 0.338 e. The summed E-state index contributed by atoms with van der Waals surface area (Å²) in [4.78, 5) is 23.4. The first kappa shape index (κ1) is 18.4. The van der Waals surface area contributed by atoms with Crippen LogP contribution >= 0.6 is 0 Å². The lowest BCUT2D eigenvalue weighted by Gasteiger charge is -2.09. The maximum atomic E-state index is 13.5. The van der Waals surface area contributed by atoms with Crippen molar-refractivity contribution in [1.82, 2.24) is 5.32 Å². The van der Waals surface area contributed by atoms with Gasteiger partial charge in [-0.3, -0.25) is 4.79 Å². The summed E-state index contributed by atoms with van der Waals surface area (Å²) in [6.07, 6.45) is 0.437. The second-order valence-corrected chi connectivity index (χ2v) is 5.34. The molecule has 0 bridgehead atoms. The van der Waals surface area contributed by atoms with Crippen LogP contribution in [0.25, 0.3) is 0 Å². The Balaban J connectivity index is 1.72. The second kappa shape index (κ2) is 9.42. The van der Waals surface area contributed by atoms with E-state index in [2.05, 4.69) is 10.6 Å². The van der Waals surface area contributed by atoms with Crippen LogP contribution in [0.3, 0.4) is 0 Å². The molecule has 25 heavy (non-hydrogen) atoms. The van der Waals surface area contributed by atoms with Crippen LogP contribution in [0.2, 0.25) is 0 Å². The Hall–Kier alpha value is -2.89. The standard InChI is InChI=1S/C19H21FN2O3/c1-2-25-19(24)15-7-9-16(10-8-15)22-13-18(23)21-12-11-14-5-3-4-6-17(14)20/h3-10,22H,2,11-13H2,1H3,(H,21,23). The fourth-order valence-corrected chi connectivity index (χ4v) is 2.22. The number of nitrogens with one attached hydrogen (secondary N) is 2. The number of ether oxygens (including phenoxy) is 1. The van der Waals surface area contributed by atoms with E-state index in [0.29, 0.717) is 30.7 Å². The summed E-state index contributed by atoms with van der Waals surface area (Å²) in [5.74, 6) is -0.831. The number of hydrogen-bond donors (Lipinski definition) is 2. The third-order valence-electron chi connectivity index (χ3n) is 3.52. The molecule has 0 aliphatic carbocycles. The van der Waals surface area contributed by atoms with Crippen molar-refractivity contribution in [3.8, 4) is 0 Å². The molecule has 0 fully saturated rings. The molecule has 0 unspecified atom stereocenters. The summed E-state index contributed by atoms with van der Waals surface area (Å²) < 4.78 is 18.4. The van der Waals surface area contributed by atoms with E-state index < -0.39 is 0 Å². The van der Waals surface area contributed by atoms with Crippen LogP contribution in [-0.4, -0.2) is 31.6 Å². The van der Waals surface area contributed by atoms with Crippen molar-refractivity contribution >= 4 is 17.6 Å². The molecule has 0 saturated carbocycles. The molecule has 0 aliphatic rings. The zero-order valence-corrected chi connectivity index (χ0v) is 14.0. The largest absolute Gasteiger partial charge is 0.462 e. The molecule has 6 heteroatoms. The van der Waals surface area contributed by atoms with Crippen LogP contribution in [-0.2, 0) is 16.0 Å². The van der Waals surface area contributed by atoms with Gasteiger partial charge < -0.3 is 15.4 Å². The number of amides is 1. The third-order valence-corrected chi connectivity index (χ3v) is 3.52. The topological polar surface area (TPSA) is 67.4 Å². The molecule has 2 rings (SSSR count). The highest BCUT2D eigenvalue weighted by Gasteiger charge is 2.06. The summed E-state index contributed by atoms with van der Waals surface area (Å²) in [7, 11) is 0. The van der Waals surface area contributed by atoms with Crippen LogP contribution in [0.4, 0.5) is 10.1 Å². The molecule has 0 radical (unpaired) electrons. The van der Waals surface area contributed by atoms with E-state index in [1.165, 1.54) is 6.07 Å². The summed E-state index contributed by atoms with van der Waals surface area (Å²) in [5, 5.41) is 5.70. The van der Waals surface area contributed by atoms with E-state index in [1.54, 1.807) is 49.4 Å². The Bertz CT molecular complexity index is 717. The predicted molar refractivity (Wildman–Crippen MR) is 94.0 cm³/mol. The number of carbonyl (C=O) groups excluding carboxylic acids is 2. The molecule has 0 aliphatic heterocycles. The zero-order chi connectivity index (χ0) is 18.1. The van der Waals surface area contributed by atoms with Gasteiger partial charge >= 0.3 is 5.97 Å². The van der Waals surface area contributed by atoms with Gasteiger partial charge in [0.25, 0.3) is 0 Å². The summed E-state index contributed by atoms with van der Waals surface area (Å²) in [5.41, 5.74) is 1.75. The molecule has 0 spiro atoms. The quantitative estimate of drug-likeness (QED) is 0.723. The van der Waals surface area contributed by atoms with Gasteiger partial charge in [-0.2, -0.15) is 0 Å². The first-order valence-corrected chi connectivity index (χ1v) is 8.11. The maximum Gasteiger partial charge on any atom is 0.338 e. The molecular weight excluding hydrogens is 323 g/mol. The molecule has 0 heterocycles. The summed E-state index contributed by atoms with van der Waals surface area (Å²) >= 11 is 0. The lowest BCUT2D eigenvalue weighted by atomic mass is 10.1. The van der Waals surface area contributed by atoms with Gasteiger partial charge in [-0.15, -0.1) is 0 Å². The Morgan fingerprint density at radius 1 is 1.08 bits per heavy atom. The summed E-state index contributed by atoms with van der Waals surface area (Å²) in [6, 6.07) is 13.2. The predicted octanol–water partition coefficient (Wildman–Crippen LogP) is 2.77. The van der Waals surface area contributed by atoms with E-state index in [1.807, 2.05) is 0 Å². The summed E-state index contributed by atoms with van der Waals surface area (Å²) in [6.45, 7) is 2.53. The molecule has 2 aromatic rings. The first-order valence-electron chi connectivity index (χ1n) is 8.11. The third kappa shape index (κ3) is 5.91. The molecule has 2 N–H and O–H groups in total. The van der Waals surface area contributed by atoms with Crippen LogP contribution in [0, 0.1) is 5.82 Å². The number of rotatable bonds is 8. The minimum Gasteiger partial charge on any atom is -0.462 e. The Kier molecular flexibility index (Phi) is 6.95. The highest BCUT2D eigenvalue weighted by atomic mass is 19.1. The van der Waals surface area contributed by atoms with Crippen molar-refractivity contribution in [2.24, 2.45) is 0 Å². The minimum atomic E-state index is -0.375. The number of esters is 1. The number of halogens is 1. The Labute approximate surface area is 146 Å². The van der Waals surface area contributed by atoms with Gasteiger partial charge in [-0.25, -0.2) is 9.18 Å². The van der Waals surface area contributed by atoms with E-state index in [-0.39, 0.29) is 24.2 Å². The Morgan fingerprint density at radius 3 is 2.48 bits per heavy atom. The van der Waals surface area contributed by atoms with Gasteiger partial charge in [0, 0.05) is 12.2 Å². The van der Waals surface area contributed by atoms with E-state index >= 15 is 0 Å². The normalized spacial score (nSPS) is 10.2. The van der Waals surface area contributed by atoms with E-state index in [4.69, 9.17) is 4.74 Å². The molecule has 1 amide bonds. The van der Waals surface area contributed by atoms with Gasteiger partial charge in [-0.1, -0.05) is 18.2 Å². The lowest BCUT2D eigenvalue weighted by Crippen LogP contribution is -2.31. The molecule has 0 saturated heterocycles. The van der Waals surface area contributed by atoms with Gasteiger partial charge in [0.2, 0.25) is 5.91 Å². The molecular formula is C19H21FN2O3. The lowest BCUT2D eigenvalue weighted by molar-refractivity contribution is -0.119. The molecule has 2 aromatic carbocycles. The van der Waals surface area contributed by atoms with Gasteiger partial charge in [-0.05, 0) is 49.2 Å². The molecule has 0 atom stereocenters. The molecule has 132 valence electrons. The fraction of sp³-hybridized carbons (Fsp3) is 0.263. The van der Waals surface area contributed by atoms with Gasteiger partial charge in [0.1, 0.15) is 5.82 Å². The minimum absolute atomic E-state index is 0.0933. The van der Waals surface area contributed by atoms with Crippen molar-refractivity contribution in [1.29, 1.82) is 0 Å². The van der Waals surface area contributed by atoms with E-state index in [0.717, 1.165) is 5.69 Å². The van der Waals surface area contributed by atoms with Gasteiger partial charge in [0.15, 0.2) is 0 Å². The first-order chi connectivity index (χ1) is 12.1. The highest BCUT2D eigenvalue weighted by Crippen LogP contribution is 2.10. The fourth-order valence-electron chi connectivity index (χ4n) is 2.22. The number of hydrogen-bond acceptors (Lipinski definition) is 4. The van der Waals surface area contributed by atoms with Crippen molar-refractivity contribution < 1.29 is 18.7 Å². The average Bonchev–Trinajstić information content (AvgIpc) is 2.62. The van der Waals surface area contributed by atoms with Crippen LogP contribution in [0.15, 0.2) is 48.5 Å². The Morgan fingerprint density at radius 2 is 1.80 bits per heavy atom. The number of anilines is 1. The second-order valence-electron chi connectivity index (χ2n) is 5.34. The highest BCUT2D eigenvalue weighted by molar-refractivity contribution is 5.90. The SMILES string of the molecule is CCOC(=O)c1ccc(NCC(=O)NCCc2ccccc2F)cc1. The number of benzene rings is 2. The van der Waals surface area contributed by atoms with Crippen molar-refractivity contribution in [2.75, 3.05) is 25.0 Å². The monoisotopic (exact) mass is 344 g/mol. The van der Waals surface area contributed by atoms with Crippen molar-refractivity contribution in [2.45, 2.75) is 13.3 Å². The van der Waals surface area contributed by atoms with Crippen LogP contribution in [0.1, 0.15) is 22.8 Å². The molecule has 5 nitrogen and oxygen atoms in total. The van der Waals surface area contributed by atoms with Crippen molar-refractivity contribution in [3.05, 3.63) is 65.5 Å². The zero-order valence-electron chi connectivity index (χ0n) is 14.0. The molecule has 0 aromatic heterocycles.